The smallest absolute Gasteiger partial charge is 0.310 e. The Morgan fingerprint density at radius 3 is 2.48 bits per heavy atom. The van der Waals surface area contributed by atoms with Crippen molar-refractivity contribution in [3.05, 3.63) is 34.9 Å². The zero-order chi connectivity index (χ0) is 16.7. The Morgan fingerprint density at radius 1 is 1.22 bits per heavy atom. The van der Waals surface area contributed by atoms with E-state index in [1.165, 1.54) is 5.56 Å². The number of ether oxygens (including phenoxy) is 1. The molecular formula is C18H23NO4. The van der Waals surface area contributed by atoms with Crippen LogP contribution in [0.25, 0.3) is 0 Å². The van der Waals surface area contributed by atoms with Crippen molar-refractivity contribution in [3.8, 4) is 0 Å². The van der Waals surface area contributed by atoms with Crippen LogP contribution >= 0.6 is 0 Å². The van der Waals surface area contributed by atoms with Crippen LogP contribution in [-0.4, -0.2) is 29.2 Å². The number of benzene rings is 1. The summed E-state index contributed by atoms with van der Waals surface area (Å²) < 4.78 is 5.67. The predicted molar refractivity (Wildman–Crippen MR) is 85.0 cm³/mol. The summed E-state index contributed by atoms with van der Waals surface area (Å²) in [5.41, 5.74) is 3.36. The highest BCUT2D eigenvalue weighted by Crippen LogP contribution is 2.43. The number of aliphatic carboxylic acids is 1. The standard InChI is InChI=1S/C18H23NO4/c1-9-4-5-12(10(2)8-9)11(3)19-17(20)15-13-6-7-14(23-13)16(15)18(21)22/h4-5,8,11,13-16H,6-7H2,1-3H3,(H,19,20)(H,21,22)/t11-,13-,14+,15-,16-/m1/s1. The highest BCUT2D eigenvalue weighted by Gasteiger charge is 2.55. The summed E-state index contributed by atoms with van der Waals surface area (Å²) in [4.78, 5) is 24.2. The molecule has 0 aromatic heterocycles. The van der Waals surface area contributed by atoms with Crippen molar-refractivity contribution in [2.45, 2.75) is 51.9 Å². The lowest BCUT2D eigenvalue weighted by Gasteiger charge is -2.26. The molecule has 1 aromatic rings. The summed E-state index contributed by atoms with van der Waals surface area (Å²) in [7, 11) is 0. The molecule has 2 aliphatic heterocycles. The van der Waals surface area contributed by atoms with E-state index in [-0.39, 0.29) is 24.2 Å². The van der Waals surface area contributed by atoms with Crippen LogP contribution in [-0.2, 0) is 14.3 Å². The fourth-order valence-electron chi connectivity index (χ4n) is 4.02. The van der Waals surface area contributed by atoms with Crippen molar-refractivity contribution in [2.75, 3.05) is 0 Å². The molecule has 1 aromatic carbocycles. The second-order valence-electron chi connectivity index (χ2n) is 6.77. The van der Waals surface area contributed by atoms with E-state index in [0.29, 0.717) is 0 Å². The lowest BCUT2D eigenvalue weighted by molar-refractivity contribution is -0.148. The van der Waals surface area contributed by atoms with Crippen LogP contribution in [0.1, 0.15) is 42.5 Å². The van der Waals surface area contributed by atoms with Crippen molar-refractivity contribution in [3.63, 3.8) is 0 Å². The highest BCUT2D eigenvalue weighted by molar-refractivity contribution is 5.86. The molecule has 2 heterocycles. The minimum atomic E-state index is -0.934. The van der Waals surface area contributed by atoms with Gasteiger partial charge in [0.15, 0.2) is 0 Å². The van der Waals surface area contributed by atoms with Gasteiger partial charge >= 0.3 is 5.97 Å². The number of carbonyl (C=O) groups is 2. The van der Waals surface area contributed by atoms with Crippen LogP contribution in [0.4, 0.5) is 0 Å². The summed E-state index contributed by atoms with van der Waals surface area (Å²) in [5, 5.41) is 12.4. The first-order valence-electron chi connectivity index (χ1n) is 8.14. The van der Waals surface area contributed by atoms with Crippen LogP contribution in [0, 0.1) is 25.7 Å². The minimum Gasteiger partial charge on any atom is -0.481 e. The molecule has 5 nitrogen and oxygen atoms in total. The Morgan fingerprint density at radius 2 is 1.87 bits per heavy atom. The third-order valence-electron chi connectivity index (χ3n) is 5.11. The van der Waals surface area contributed by atoms with E-state index in [2.05, 4.69) is 11.4 Å². The Bertz CT molecular complexity index is 642. The zero-order valence-electron chi connectivity index (χ0n) is 13.7. The molecule has 1 amide bonds. The van der Waals surface area contributed by atoms with Crippen LogP contribution in [0.15, 0.2) is 18.2 Å². The molecule has 2 N–H and O–H groups in total. The van der Waals surface area contributed by atoms with Crippen LogP contribution < -0.4 is 5.32 Å². The molecule has 2 bridgehead atoms. The van der Waals surface area contributed by atoms with Gasteiger partial charge in [-0.2, -0.15) is 0 Å². The van der Waals surface area contributed by atoms with Gasteiger partial charge in [-0.15, -0.1) is 0 Å². The molecule has 0 aliphatic carbocycles. The summed E-state index contributed by atoms with van der Waals surface area (Å²) >= 11 is 0. The molecule has 0 saturated carbocycles. The van der Waals surface area contributed by atoms with E-state index in [9.17, 15) is 14.7 Å². The van der Waals surface area contributed by atoms with Crippen molar-refractivity contribution >= 4 is 11.9 Å². The molecule has 5 atom stereocenters. The summed E-state index contributed by atoms with van der Waals surface area (Å²) in [6.45, 7) is 5.98. The highest BCUT2D eigenvalue weighted by atomic mass is 16.5. The minimum absolute atomic E-state index is 0.156. The van der Waals surface area contributed by atoms with Gasteiger partial charge in [-0.05, 0) is 44.7 Å². The molecule has 0 spiro atoms. The lowest BCUT2D eigenvalue weighted by Crippen LogP contribution is -2.44. The number of nitrogens with one attached hydrogen (secondary N) is 1. The average Bonchev–Trinajstić information content (AvgIpc) is 3.07. The van der Waals surface area contributed by atoms with E-state index < -0.39 is 17.8 Å². The lowest BCUT2D eigenvalue weighted by atomic mass is 9.78. The molecule has 0 unspecified atom stereocenters. The van der Waals surface area contributed by atoms with E-state index in [0.717, 1.165) is 24.0 Å². The molecule has 2 saturated heterocycles. The number of rotatable bonds is 4. The summed E-state index contributed by atoms with van der Waals surface area (Å²) in [6.07, 6.45) is 0.930. The number of carboxylic acid groups (broad SMARTS) is 1. The molecule has 2 fully saturated rings. The zero-order valence-corrected chi connectivity index (χ0v) is 13.7. The number of carbonyl (C=O) groups excluding carboxylic acids is 1. The third-order valence-corrected chi connectivity index (χ3v) is 5.11. The molecular weight excluding hydrogens is 294 g/mol. The number of amides is 1. The van der Waals surface area contributed by atoms with Crippen LogP contribution in [0.3, 0.4) is 0 Å². The number of hydrogen-bond acceptors (Lipinski definition) is 3. The molecule has 3 rings (SSSR count). The van der Waals surface area contributed by atoms with Gasteiger partial charge in [-0.25, -0.2) is 0 Å². The largest absolute Gasteiger partial charge is 0.481 e. The predicted octanol–water partition coefficient (Wildman–Crippen LogP) is 2.36. The maximum absolute atomic E-state index is 12.7. The first-order valence-corrected chi connectivity index (χ1v) is 8.14. The average molecular weight is 317 g/mol. The van der Waals surface area contributed by atoms with Crippen LogP contribution in [0.2, 0.25) is 0 Å². The molecule has 124 valence electrons. The first-order chi connectivity index (χ1) is 10.9. The number of aryl methyl sites for hydroxylation is 2. The Labute approximate surface area is 136 Å². The molecule has 5 heteroatoms. The number of hydrogen-bond donors (Lipinski definition) is 2. The normalized spacial score (nSPS) is 30.2. The van der Waals surface area contributed by atoms with Gasteiger partial charge in [0.25, 0.3) is 0 Å². The Hall–Kier alpha value is -1.88. The van der Waals surface area contributed by atoms with E-state index in [4.69, 9.17) is 4.74 Å². The third kappa shape index (κ3) is 2.85. The van der Waals surface area contributed by atoms with Gasteiger partial charge in [-0.3, -0.25) is 9.59 Å². The van der Waals surface area contributed by atoms with Crippen molar-refractivity contribution in [1.29, 1.82) is 0 Å². The Kier molecular flexibility index (Phi) is 4.15. The number of fused-ring (bicyclic) bond motifs is 2. The van der Waals surface area contributed by atoms with Gasteiger partial charge in [0, 0.05) is 0 Å². The fourth-order valence-corrected chi connectivity index (χ4v) is 4.02. The van der Waals surface area contributed by atoms with Crippen molar-refractivity contribution in [2.24, 2.45) is 11.8 Å². The fraction of sp³-hybridized carbons (Fsp3) is 0.556. The van der Waals surface area contributed by atoms with Crippen molar-refractivity contribution in [1.82, 2.24) is 5.32 Å². The number of carboxylic acids is 1. The molecule has 2 aliphatic rings. The second kappa shape index (κ2) is 5.96. The van der Waals surface area contributed by atoms with E-state index >= 15 is 0 Å². The molecule has 0 radical (unpaired) electrons. The van der Waals surface area contributed by atoms with Gasteiger partial charge in [0.2, 0.25) is 5.91 Å². The van der Waals surface area contributed by atoms with Gasteiger partial charge in [0.1, 0.15) is 0 Å². The van der Waals surface area contributed by atoms with Gasteiger partial charge in [0.05, 0.1) is 30.1 Å². The Balaban J connectivity index is 1.74. The summed E-state index contributed by atoms with van der Waals surface area (Å²) in [6, 6.07) is 5.96. The van der Waals surface area contributed by atoms with E-state index in [1.54, 1.807) is 0 Å². The SMILES string of the molecule is Cc1ccc([C@@H](C)NC(=O)[C@H]2[C@H](C(=O)O)[C@@H]3CC[C@H]2O3)c(C)c1. The first kappa shape index (κ1) is 16.0. The quantitative estimate of drug-likeness (QED) is 0.894. The van der Waals surface area contributed by atoms with Gasteiger partial charge < -0.3 is 15.2 Å². The van der Waals surface area contributed by atoms with Crippen molar-refractivity contribution < 1.29 is 19.4 Å². The topological polar surface area (TPSA) is 75.6 Å². The maximum Gasteiger partial charge on any atom is 0.310 e. The van der Waals surface area contributed by atoms with E-state index in [1.807, 2.05) is 32.9 Å². The van der Waals surface area contributed by atoms with Crippen LogP contribution in [0.5, 0.6) is 0 Å². The molecule has 23 heavy (non-hydrogen) atoms. The monoisotopic (exact) mass is 317 g/mol. The second-order valence-corrected chi connectivity index (χ2v) is 6.77. The van der Waals surface area contributed by atoms with Gasteiger partial charge in [-0.1, -0.05) is 23.8 Å². The maximum atomic E-state index is 12.7. The summed E-state index contributed by atoms with van der Waals surface area (Å²) in [5.74, 6) is -2.45.